The van der Waals surface area contributed by atoms with E-state index in [2.05, 4.69) is 55.9 Å². The molecule has 0 aliphatic heterocycles. The molecule has 1 aromatic heterocycles. The average molecular weight is 294 g/mol. The van der Waals surface area contributed by atoms with Crippen molar-refractivity contribution in [2.24, 2.45) is 0 Å². The van der Waals surface area contributed by atoms with Crippen LogP contribution in [0.15, 0.2) is 47.5 Å². The molecule has 2 aromatic rings. The molecule has 1 aromatic carbocycles. The molecule has 0 aliphatic carbocycles. The molecule has 1 N–H and O–H groups in total. The Hall–Kier alpha value is -1.13. The molecule has 4 heteroatoms. The van der Waals surface area contributed by atoms with Crippen LogP contribution in [0.4, 0.5) is 0 Å². The maximum atomic E-state index is 4.03. The summed E-state index contributed by atoms with van der Waals surface area (Å²) < 4.78 is 3.21. The lowest BCUT2D eigenvalue weighted by molar-refractivity contribution is 0.476. The number of imidazole rings is 1. The predicted octanol–water partition coefficient (Wildman–Crippen LogP) is 2.82. The second kappa shape index (κ2) is 5.98. The van der Waals surface area contributed by atoms with Gasteiger partial charge in [0.15, 0.2) is 0 Å². The van der Waals surface area contributed by atoms with Crippen LogP contribution in [-0.2, 0) is 13.1 Å². The smallest absolute Gasteiger partial charge is 0.0946 e. The van der Waals surface area contributed by atoms with Gasteiger partial charge < -0.3 is 9.88 Å². The molecule has 0 radical (unpaired) electrons. The summed E-state index contributed by atoms with van der Waals surface area (Å²) in [4.78, 5) is 4.03. The highest BCUT2D eigenvalue weighted by Crippen LogP contribution is 2.11. The summed E-state index contributed by atoms with van der Waals surface area (Å²) in [6.07, 6.45) is 5.63. The largest absolute Gasteiger partial charge is 0.336 e. The Bertz CT molecular complexity index is 453. The molecule has 1 heterocycles. The predicted molar refractivity (Wildman–Crippen MR) is 72.7 cm³/mol. The maximum absolute atomic E-state index is 4.03. The fraction of sp³-hybridized carbons (Fsp3) is 0.308. The Morgan fingerprint density at radius 1 is 1.47 bits per heavy atom. The Labute approximate surface area is 110 Å². The molecule has 1 unspecified atom stereocenters. The minimum Gasteiger partial charge on any atom is -0.336 e. The number of nitrogens with zero attached hydrogens (tertiary/aromatic N) is 2. The van der Waals surface area contributed by atoms with Crippen LogP contribution in [0.5, 0.6) is 0 Å². The van der Waals surface area contributed by atoms with Crippen molar-refractivity contribution in [1.82, 2.24) is 14.9 Å². The molecule has 3 nitrogen and oxygen atoms in total. The molecule has 0 saturated heterocycles. The number of hydrogen-bond donors (Lipinski definition) is 1. The first-order valence-corrected chi connectivity index (χ1v) is 6.47. The summed E-state index contributed by atoms with van der Waals surface area (Å²) in [6, 6.07) is 8.78. The lowest BCUT2D eigenvalue weighted by atomic mass is 10.2. The lowest BCUT2D eigenvalue weighted by Gasteiger charge is -2.14. The average Bonchev–Trinajstić information content (AvgIpc) is 2.79. The molecule has 0 amide bonds. The summed E-state index contributed by atoms with van der Waals surface area (Å²) in [7, 11) is 0. The third-order valence-corrected chi connectivity index (χ3v) is 3.08. The van der Waals surface area contributed by atoms with Crippen molar-refractivity contribution in [3.63, 3.8) is 0 Å². The Kier molecular flexibility index (Phi) is 4.34. The number of nitrogens with one attached hydrogen (secondary N) is 1. The molecule has 1 atom stereocenters. The molecule has 0 aliphatic rings. The van der Waals surface area contributed by atoms with Gasteiger partial charge in [-0.15, -0.1) is 0 Å². The lowest BCUT2D eigenvalue weighted by Crippen LogP contribution is -2.29. The number of rotatable bonds is 5. The van der Waals surface area contributed by atoms with E-state index in [-0.39, 0.29) is 0 Å². The van der Waals surface area contributed by atoms with E-state index in [4.69, 9.17) is 0 Å². The zero-order chi connectivity index (χ0) is 12.1. The van der Waals surface area contributed by atoms with Crippen LogP contribution in [0.2, 0.25) is 0 Å². The van der Waals surface area contributed by atoms with Gasteiger partial charge in [0.25, 0.3) is 0 Å². The van der Waals surface area contributed by atoms with Crippen molar-refractivity contribution in [2.45, 2.75) is 26.1 Å². The van der Waals surface area contributed by atoms with Crippen molar-refractivity contribution in [3.05, 3.63) is 53.0 Å². The van der Waals surface area contributed by atoms with Gasteiger partial charge in [-0.3, -0.25) is 0 Å². The summed E-state index contributed by atoms with van der Waals surface area (Å²) in [5, 5.41) is 3.49. The fourth-order valence-corrected chi connectivity index (χ4v) is 2.16. The Morgan fingerprint density at radius 3 is 3.06 bits per heavy atom. The van der Waals surface area contributed by atoms with Crippen LogP contribution in [0.1, 0.15) is 12.5 Å². The third kappa shape index (κ3) is 3.98. The zero-order valence-electron chi connectivity index (χ0n) is 9.81. The Morgan fingerprint density at radius 2 is 2.35 bits per heavy atom. The molecule has 90 valence electrons. The van der Waals surface area contributed by atoms with Gasteiger partial charge in [-0.05, 0) is 24.6 Å². The van der Waals surface area contributed by atoms with Crippen LogP contribution in [0, 0.1) is 0 Å². The van der Waals surface area contributed by atoms with E-state index in [0.29, 0.717) is 6.04 Å². The number of benzene rings is 1. The van der Waals surface area contributed by atoms with Gasteiger partial charge in [0, 0.05) is 36.0 Å². The molecule has 2 rings (SSSR count). The normalized spacial score (nSPS) is 12.6. The van der Waals surface area contributed by atoms with Gasteiger partial charge in [-0.25, -0.2) is 4.98 Å². The van der Waals surface area contributed by atoms with Crippen molar-refractivity contribution in [3.8, 4) is 0 Å². The van der Waals surface area contributed by atoms with E-state index < -0.39 is 0 Å². The van der Waals surface area contributed by atoms with E-state index in [0.717, 1.165) is 17.6 Å². The van der Waals surface area contributed by atoms with Crippen LogP contribution < -0.4 is 5.32 Å². The third-order valence-electron chi connectivity index (χ3n) is 2.59. The molecule has 0 bridgehead atoms. The van der Waals surface area contributed by atoms with E-state index in [1.165, 1.54) is 5.56 Å². The van der Waals surface area contributed by atoms with Crippen molar-refractivity contribution in [2.75, 3.05) is 0 Å². The summed E-state index contributed by atoms with van der Waals surface area (Å²) in [6.45, 7) is 4.00. The van der Waals surface area contributed by atoms with Crippen molar-refractivity contribution in [1.29, 1.82) is 0 Å². The maximum Gasteiger partial charge on any atom is 0.0946 e. The zero-order valence-corrected chi connectivity index (χ0v) is 11.4. The first-order chi connectivity index (χ1) is 8.24. The monoisotopic (exact) mass is 293 g/mol. The van der Waals surface area contributed by atoms with E-state index in [1.54, 1.807) is 6.20 Å². The van der Waals surface area contributed by atoms with Gasteiger partial charge in [0.1, 0.15) is 0 Å². The number of aromatic nitrogens is 2. The first-order valence-electron chi connectivity index (χ1n) is 5.67. The molecular formula is C13H16BrN3. The fourth-order valence-electron chi connectivity index (χ4n) is 1.71. The van der Waals surface area contributed by atoms with Crippen molar-refractivity contribution < 1.29 is 0 Å². The van der Waals surface area contributed by atoms with E-state index in [1.807, 2.05) is 18.6 Å². The van der Waals surface area contributed by atoms with Crippen LogP contribution in [0.25, 0.3) is 0 Å². The minimum absolute atomic E-state index is 0.420. The summed E-state index contributed by atoms with van der Waals surface area (Å²) in [5.41, 5.74) is 1.29. The topological polar surface area (TPSA) is 29.9 Å². The van der Waals surface area contributed by atoms with Gasteiger partial charge in [0.2, 0.25) is 0 Å². The molecule has 0 spiro atoms. The van der Waals surface area contributed by atoms with Gasteiger partial charge >= 0.3 is 0 Å². The molecule has 17 heavy (non-hydrogen) atoms. The summed E-state index contributed by atoms with van der Waals surface area (Å²) >= 11 is 3.48. The molecular weight excluding hydrogens is 278 g/mol. The number of halogens is 1. The van der Waals surface area contributed by atoms with E-state index >= 15 is 0 Å². The van der Waals surface area contributed by atoms with Gasteiger partial charge in [-0.2, -0.15) is 0 Å². The van der Waals surface area contributed by atoms with Crippen molar-refractivity contribution >= 4 is 15.9 Å². The number of hydrogen-bond acceptors (Lipinski definition) is 2. The second-order valence-electron chi connectivity index (χ2n) is 4.17. The standard InChI is InChI=1S/C13H16BrN3/c1-11(9-17-6-5-15-10-17)16-8-12-3-2-4-13(14)7-12/h2-7,10-11,16H,8-9H2,1H3. The second-order valence-corrected chi connectivity index (χ2v) is 5.09. The van der Waals surface area contributed by atoms with Gasteiger partial charge in [0.05, 0.1) is 6.33 Å². The first kappa shape index (κ1) is 12.3. The van der Waals surface area contributed by atoms with Gasteiger partial charge in [-0.1, -0.05) is 28.1 Å². The SMILES string of the molecule is CC(Cn1ccnc1)NCc1cccc(Br)c1. The Balaban J connectivity index is 1.82. The van der Waals surface area contributed by atoms with E-state index in [9.17, 15) is 0 Å². The summed E-state index contributed by atoms with van der Waals surface area (Å²) in [5.74, 6) is 0. The van der Waals surface area contributed by atoms with Crippen LogP contribution >= 0.6 is 15.9 Å². The highest BCUT2D eigenvalue weighted by atomic mass is 79.9. The van der Waals surface area contributed by atoms with Crippen LogP contribution in [-0.4, -0.2) is 15.6 Å². The van der Waals surface area contributed by atoms with Crippen LogP contribution in [0.3, 0.4) is 0 Å². The quantitative estimate of drug-likeness (QED) is 0.919. The highest BCUT2D eigenvalue weighted by molar-refractivity contribution is 9.10. The highest BCUT2D eigenvalue weighted by Gasteiger charge is 2.02. The molecule has 0 saturated carbocycles. The minimum atomic E-state index is 0.420. The molecule has 0 fully saturated rings.